The highest BCUT2D eigenvalue weighted by Crippen LogP contribution is 2.31. The molecular weight excluding hydrogens is 318 g/mol. The van der Waals surface area contributed by atoms with Crippen LogP contribution in [0, 0.1) is 5.41 Å². The highest BCUT2D eigenvalue weighted by atomic mass is 79.9. The number of likely N-dealkylation sites (tertiary alicyclic amines) is 1. The third kappa shape index (κ3) is 2.87. The molecule has 0 amide bonds. The zero-order valence-corrected chi connectivity index (χ0v) is 12.5. The zero-order valence-electron chi connectivity index (χ0n) is 10.1. The molecule has 1 aliphatic rings. The second-order valence-electron chi connectivity index (χ2n) is 5.07. The largest absolute Gasteiger partial charge is 0.481 e. The molecule has 0 spiro atoms. The third-order valence-corrected chi connectivity index (χ3v) is 4.67. The Kier molecular flexibility index (Phi) is 3.99. The van der Waals surface area contributed by atoms with Crippen molar-refractivity contribution in [2.75, 3.05) is 13.1 Å². The van der Waals surface area contributed by atoms with E-state index in [-0.39, 0.29) is 0 Å². The average molecular weight is 333 g/mol. The lowest BCUT2D eigenvalue weighted by atomic mass is 9.90. The van der Waals surface area contributed by atoms with Crippen molar-refractivity contribution in [3.63, 3.8) is 0 Å². The van der Waals surface area contributed by atoms with Crippen LogP contribution in [0.2, 0.25) is 5.02 Å². The Bertz CT molecular complexity index is 480. The number of hydrogen-bond donors (Lipinski definition) is 1. The molecule has 2 rings (SSSR count). The van der Waals surface area contributed by atoms with E-state index in [0.717, 1.165) is 23.1 Å². The summed E-state index contributed by atoms with van der Waals surface area (Å²) in [5.74, 6) is -0.706. The summed E-state index contributed by atoms with van der Waals surface area (Å²) in [6.45, 7) is 4.00. The van der Waals surface area contributed by atoms with Crippen molar-refractivity contribution in [3.8, 4) is 0 Å². The predicted octanol–water partition coefficient (Wildman–Crippen LogP) is 3.40. The topological polar surface area (TPSA) is 40.5 Å². The molecule has 0 saturated carbocycles. The Labute approximate surface area is 120 Å². The fraction of sp³-hybridized carbons (Fsp3) is 0.462. The van der Waals surface area contributed by atoms with Gasteiger partial charge in [-0.1, -0.05) is 17.7 Å². The first kappa shape index (κ1) is 13.8. The van der Waals surface area contributed by atoms with E-state index in [4.69, 9.17) is 11.6 Å². The first-order chi connectivity index (χ1) is 8.40. The van der Waals surface area contributed by atoms with Crippen molar-refractivity contribution in [1.82, 2.24) is 4.90 Å². The zero-order chi connectivity index (χ0) is 13.3. The Morgan fingerprint density at radius 2 is 2.33 bits per heavy atom. The minimum atomic E-state index is -0.706. The van der Waals surface area contributed by atoms with Gasteiger partial charge < -0.3 is 5.11 Å². The molecular formula is C13H15BrClNO2. The first-order valence-electron chi connectivity index (χ1n) is 5.80. The summed E-state index contributed by atoms with van der Waals surface area (Å²) in [5, 5.41) is 9.88. The van der Waals surface area contributed by atoms with Crippen LogP contribution >= 0.6 is 27.5 Å². The number of hydrogen-bond acceptors (Lipinski definition) is 2. The molecule has 1 unspecified atom stereocenters. The lowest BCUT2D eigenvalue weighted by Crippen LogP contribution is -2.31. The summed E-state index contributed by atoms with van der Waals surface area (Å²) in [7, 11) is 0. The van der Waals surface area contributed by atoms with Gasteiger partial charge in [-0.15, -0.1) is 0 Å². The molecule has 18 heavy (non-hydrogen) atoms. The maximum absolute atomic E-state index is 11.2. The first-order valence-corrected chi connectivity index (χ1v) is 6.97. The van der Waals surface area contributed by atoms with Gasteiger partial charge in [-0.25, -0.2) is 0 Å². The summed E-state index contributed by atoms with van der Waals surface area (Å²) < 4.78 is 0.877. The quantitative estimate of drug-likeness (QED) is 0.922. The minimum Gasteiger partial charge on any atom is -0.481 e. The van der Waals surface area contributed by atoms with Crippen LogP contribution in [0.5, 0.6) is 0 Å². The molecule has 1 aromatic rings. The average Bonchev–Trinajstić information content (AvgIpc) is 2.67. The molecule has 1 aromatic carbocycles. The van der Waals surface area contributed by atoms with Crippen LogP contribution in [0.1, 0.15) is 18.9 Å². The van der Waals surface area contributed by atoms with Crippen LogP contribution in [-0.4, -0.2) is 29.1 Å². The Morgan fingerprint density at radius 3 is 2.89 bits per heavy atom. The monoisotopic (exact) mass is 331 g/mol. The van der Waals surface area contributed by atoms with E-state index in [1.807, 2.05) is 25.1 Å². The van der Waals surface area contributed by atoms with E-state index in [1.54, 1.807) is 0 Å². The van der Waals surface area contributed by atoms with Gasteiger partial charge >= 0.3 is 5.97 Å². The lowest BCUT2D eigenvalue weighted by molar-refractivity contribution is -0.147. The van der Waals surface area contributed by atoms with Gasteiger partial charge in [0.2, 0.25) is 0 Å². The van der Waals surface area contributed by atoms with Gasteiger partial charge in [-0.3, -0.25) is 9.69 Å². The van der Waals surface area contributed by atoms with E-state index in [1.165, 1.54) is 0 Å². The normalized spacial score (nSPS) is 24.4. The van der Waals surface area contributed by atoms with Crippen LogP contribution in [0.3, 0.4) is 0 Å². The molecule has 0 radical (unpaired) electrons. The molecule has 0 aliphatic carbocycles. The van der Waals surface area contributed by atoms with Gasteiger partial charge in [0.1, 0.15) is 0 Å². The smallest absolute Gasteiger partial charge is 0.310 e. The summed E-state index contributed by atoms with van der Waals surface area (Å²) in [6, 6.07) is 5.82. The SMILES string of the molecule is CC1(C(=O)O)CCN(Cc2ccc(Cl)c(Br)c2)C1. The van der Waals surface area contributed by atoms with Crippen molar-refractivity contribution in [2.45, 2.75) is 19.9 Å². The highest BCUT2D eigenvalue weighted by molar-refractivity contribution is 9.10. The van der Waals surface area contributed by atoms with Gasteiger partial charge in [0, 0.05) is 17.6 Å². The molecule has 0 bridgehead atoms. The number of benzene rings is 1. The molecule has 5 heteroatoms. The maximum Gasteiger partial charge on any atom is 0.310 e. The second kappa shape index (κ2) is 5.19. The third-order valence-electron chi connectivity index (χ3n) is 3.46. The Hall–Kier alpha value is -0.580. The second-order valence-corrected chi connectivity index (χ2v) is 6.34. The number of rotatable bonds is 3. The molecule has 0 aromatic heterocycles. The Morgan fingerprint density at radius 1 is 1.61 bits per heavy atom. The van der Waals surface area contributed by atoms with E-state index in [0.29, 0.717) is 18.0 Å². The van der Waals surface area contributed by atoms with Gasteiger partial charge in [0.15, 0.2) is 0 Å². The van der Waals surface area contributed by atoms with Crippen LogP contribution in [0.15, 0.2) is 22.7 Å². The number of halogens is 2. The Balaban J connectivity index is 2.03. The summed E-state index contributed by atoms with van der Waals surface area (Å²) >= 11 is 9.34. The minimum absolute atomic E-state index is 0.600. The van der Waals surface area contributed by atoms with Crippen molar-refractivity contribution >= 4 is 33.5 Å². The number of carboxylic acids is 1. The van der Waals surface area contributed by atoms with Gasteiger partial charge in [-0.2, -0.15) is 0 Å². The van der Waals surface area contributed by atoms with Crippen molar-refractivity contribution in [2.24, 2.45) is 5.41 Å². The number of carboxylic acid groups (broad SMARTS) is 1. The van der Waals surface area contributed by atoms with Crippen LogP contribution in [-0.2, 0) is 11.3 Å². The van der Waals surface area contributed by atoms with E-state index in [9.17, 15) is 9.90 Å². The highest BCUT2D eigenvalue weighted by Gasteiger charge is 2.40. The van der Waals surface area contributed by atoms with Gasteiger partial charge in [0.25, 0.3) is 0 Å². The van der Waals surface area contributed by atoms with E-state index in [2.05, 4.69) is 20.8 Å². The number of nitrogens with zero attached hydrogens (tertiary/aromatic N) is 1. The molecule has 3 nitrogen and oxygen atoms in total. The van der Waals surface area contributed by atoms with Crippen molar-refractivity contribution in [3.05, 3.63) is 33.3 Å². The summed E-state index contributed by atoms with van der Waals surface area (Å²) in [4.78, 5) is 13.3. The number of aliphatic carboxylic acids is 1. The molecule has 1 fully saturated rings. The van der Waals surface area contributed by atoms with Gasteiger partial charge in [0.05, 0.1) is 10.4 Å². The summed E-state index contributed by atoms with van der Waals surface area (Å²) in [6.07, 6.45) is 0.705. The van der Waals surface area contributed by atoms with Crippen molar-refractivity contribution in [1.29, 1.82) is 0 Å². The molecule has 98 valence electrons. The molecule has 1 atom stereocenters. The standard InChI is InChI=1S/C13H15BrClNO2/c1-13(12(17)18)4-5-16(8-13)7-9-2-3-11(15)10(14)6-9/h2-3,6H,4-5,7-8H2,1H3,(H,17,18). The molecule has 1 N–H and O–H groups in total. The predicted molar refractivity (Wildman–Crippen MR) is 74.8 cm³/mol. The van der Waals surface area contributed by atoms with E-state index < -0.39 is 11.4 Å². The van der Waals surface area contributed by atoms with Crippen LogP contribution in [0.25, 0.3) is 0 Å². The fourth-order valence-corrected chi connectivity index (χ4v) is 2.81. The molecule has 1 heterocycles. The molecule has 1 saturated heterocycles. The maximum atomic E-state index is 11.2. The lowest BCUT2D eigenvalue weighted by Gasteiger charge is -2.20. The van der Waals surface area contributed by atoms with E-state index >= 15 is 0 Å². The van der Waals surface area contributed by atoms with Crippen LogP contribution in [0.4, 0.5) is 0 Å². The van der Waals surface area contributed by atoms with Crippen molar-refractivity contribution < 1.29 is 9.90 Å². The molecule has 1 aliphatic heterocycles. The van der Waals surface area contributed by atoms with Crippen LogP contribution < -0.4 is 0 Å². The fourth-order valence-electron chi connectivity index (χ4n) is 2.26. The summed E-state index contributed by atoms with van der Waals surface area (Å²) in [5.41, 5.74) is 0.532. The van der Waals surface area contributed by atoms with Gasteiger partial charge in [-0.05, 0) is 53.5 Å². The number of carbonyl (C=O) groups is 1.